The molecule has 2 heterocycles. The van der Waals surface area contributed by atoms with Crippen LogP contribution >= 0.6 is 24.0 Å². The van der Waals surface area contributed by atoms with Crippen molar-refractivity contribution in [2.75, 3.05) is 6.54 Å². The first-order valence-corrected chi connectivity index (χ1v) is 8.67. The van der Waals surface area contributed by atoms with E-state index in [0.29, 0.717) is 5.02 Å². The van der Waals surface area contributed by atoms with Gasteiger partial charge in [-0.1, -0.05) is 41.9 Å². The average Bonchev–Trinajstić information content (AvgIpc) is 3.15. The molecule has 4 rings (SSSR count). The predicted octanol–water partition coefficient (Wildman–Crippen LogP) is 4.76. The number of para-hydroxylation sites is 1. The number of hydrogen-bond acceptors (Lipinski definition) is 3. The van der Waals surface area contributed by atoms with Crippen molar-refractivity contribution >= 4 is 34.9 Å². The third-order valence-electron chi connectivity index (χ3n) is 4.69. The maximum Gasteiger partial charge on any atom is 0.0950 e. The van der Waals surface area contributed by atoms with Crippen molar-refractivity contribution in [3.63, 3.8) is 0 Å². The minimum absolute atomic E-state index is 0. The first-order valence-electron chi connectivity index (χ1n) is 8.29. The highest BCUT2D eigenvalue weighted by Gasteiger charge is 2.26. The van der Waals surface area contributed by atoms with E-state index < -0.39 is 6.10 Å². The molecule has 2 aromatic carbocycles. The Labute approximate surface area is 158 Å². The Bertz CT molecular complexity index is 861. The number of nitrogens with one attached hydrogen (secondary N) is 1. The highest BCUT2D eigenvalue weighted by Crippen LogP contribution is 2.32. The fourth-order valence-electron chi connectivity index (χ4n) is 3.41. The quantitative estimate of drug-likeness (QED) is 0.694. The second kappa shape index (κ2) is 7.71. The smallest absolute Gasteiger partial charge is 0.0950 e. The SMILES string of the molecule is Cl.OC(c1cc(-c2ccc(Cl)cc2)nc2ccccc12)C1CCCN1. The molecule has 1 aliphatic heterocycles. The summed E-state index contributed by atoms with van der Waals surface area (Å²) in [7, 11) is 0. The standard InChI is InChI=1S/C20H19ClN2O.ClH/c21-14-9-7-13(8-10-14)19-12-16(20(24)18-6-3-11-22-18)15-4-1-2-5-17(15)23-19;/h1-2,4-5,7-10,12,18,20,22,24H,3,6,11H2;1H. The van der Waals surface area contributed by atoms with E-state index in [2.05, 4.69) is 5.32 Å². The molecule has 0 aliphatic carbocycles. The van der Waals surface area contributed by atoms with E-state index in [0.717, 1.165) is 47.1 Å². The Morgan fingerprint density at radius 1 is 1.12 bits per heavy atom. The summed E-state index contributed by atoms with van der Waals surface area (Å²) >= 11 is 5.99. The van der Waals surface area contributed by atoms with Crippen LogP contribution in [-0.2, 0) is 0 Å². The van der Waals surface area contributed by atoms with Gasteiger partial charge < -0.3 is 10.4 Å². The lowest BCUT2D eigenvalue weighted by Crippen LogP contribution is -2.28. The van der Waals surface area contributed by atoms with Crippen LogP contribution in [-0.4, -0.2) is 22.7 Å². The molecule has 2 N–H and O–H groups in total. The molecule has 3 aromatic rings. The van der Waals surface area contributed by atoms with Gasteiger partial charge >= 0.3 is 0 Å². The molecule has 1 aromatic heterocycles. The Hall–Kier alpha value is -1.65. The van der Waals surface area contributed by atoms with Gasteiger partial charge in [-0.15, -0.1) is 12.4 Å². The number of hydrogen-bond donors (Lipinski definition) is 2. The third-order valence-corrected chi connectivity index (χ3v) is 4.94. The summed E-state index contributed by atoms with van der Waals surface area (Å²) in [5.74, 6) is 0. The zero-order valence-electron chi connectivity index (χ0n) is 13.7. The molecule has 0 amide bonds. The molecule has 0 saturated carbocycles. The molecule has 1 saturated heterocycles. The first kappa shape index (κ1) is 18.2. The second-order valence-electron chi connectivity index (χ2n) is 6.27. The molecule has 2 atom stereocenters. The Morgan fingerprint density at radius 2 is 1.88 bits per heavy atom. The number of aliphatic hydroxyl groups is 1. The van der Waals surface area contributed by atoms with Crippen LogP contribution in [0.15, 0.2) is 54.6 Å². The maximum absolute atomic E-state index is 10.9. The average molecular weight is 375 g/mol. The van der Waals surface area contributed by atoms with Crippen LogP contribution in [0.4, 0.5) is 0 Å². The summed E-state index contributed by atoms with van der Waals surface area (Å²) in [6.07, 6.45) is 1.56. The van der Waals surface area contributed by atoms with Crippen LogP contribution in [0.5, 0.6) is 0 Å². The number of fused-ring (bicyclic) bond motifs is 1. The van der Waals surface area contributed by atoms with E-state index in [4.69, 9.17) is 16.6 Å². The van der Waals surface area contributed by atoms with Gasteiger partial charge in [0.15, 0.2) is 0 Å². The van der Waals surface area contributed by atoms with E-state index in [9.17, 15) is 5.11 Å². The largest absolute Gasteiger partial charge is 0.387 e. The Morgan fingerprint density at radius 3 is 2.60 bits per heavy atom. The van der Waals surface area contributed by atoms with Gasteiger partial charge in [0, 0.05) is 22.0 Å². The number of pyridine rings is 1. The van der Waals surface area contributed by atoms with Crippen molar-refractivity contribution in [3.8, 4) is 11.3 Å². The summed E-state index contributed by atoms with van der Waals surface area (Å²) in [5.41, 5.74) is 3.69. The Balaban J connectivity index is 0.00000182. The van der Waals surface area contributed by atoms with Crippen LogP contribution < -0.4 is 5.32 Å². The fraction of sp³-hybridized carbons (Fsp3) is 0.250. The number of aromatic nitrogens is 1. The van der Waals surface area contributed by atoms with E-state index in [1.807, 2.05) is 54.6 Å². The van der Waals surface area contributed by atoms with Crippen molar-refractivity contribution in [2.24, 2.45) is 0 Å². The second-order valence-corrected chi connectivity index (χ2v) is 6.70. The lowest BCUT2D eigenvalue weighted by atomic mass is 9.95. The first-order chi connectivity index (χ1) is 11.7. The molecule has 130 valence electrons. The van der Waals surface area contributed by atoms with Crippen LogP contribution in [0, 0.1) is 0 Å². The molecule has 3 nitrogen and oxygen atoms in total. The molecular formula is C20H20Cl2N2O. The predicted molar refractivity (Wildman–Crippen MR) is 105 cm³/mol. The fourth-order valence-corrected chi connectivity index (χ4v) is 3.54. The summed E-state index contributed by atoms with van der Waals surface area (Å²) in [5, 5.41) is 16.0. The van der Waals surface area contributed by atoms with E-state index >= 15 is 0 Å². The monoisotopic (exact) mass is 374 g/mol. The van der Waals surface area contributed by atoms with Gasteiger partial charge in [-0.2, -0.15) is 0 Å². The zero-order valence-corrected chi connectivity index (χ0v) is 15.2. The number of nitrogens with zero attached hydrogens (tertiary/aromatic N) is 1. The topological polar surface area (TPSA) is 45.2 Å². The summed E-state index contributed by atoms with van der Waals surface area (Å²) < 4.78 is 0. The molecular weight excluding hydrogens is 355 g/mol. The summed E-state index contributed by atoms with van der Waals surface area (Å²) in [6, 6.07) is 17.8. The van der Waals surface area contributed by atoms with E-state index in [-0.39, 0.29) is 18.4 Å². The van der Waals surface area contributed by atoms with E-state index in [1.54, 1.807) is 0 Å². The van der Waals surface area contributed by atoms with Gasteiger partial charge in [0.2, 0.25) is 0 Å². The van der Waals surface area contributed by atoms with E-state index in [1.165, 1.54) is 0 Å². The van der Waals surface area contributed by atoms with Gasteiger partial charge in [-0.05, 0) is 49.2 Å². The third kappa shape index (κ3) is 3.65. The lowest BCUT2D eigenvalue weighted by molar-refractivity contribution is 0.139. The number of rotatable bonds is 3. The molecule has 25 heavy (non-hydrogen) atoms. The van der Waals surface area contributed by atoms with Crippen LogP contribution in [0.25, 0.3) is 22.2 Å². The molecule has 1 aliphatic rings. The molecule has 2 unspecified atom stereocenters. The van der Waals surface area contributed by atoms with Crippen molar-refractivity contribution in [2.45, 2.75) is 25.0 Å². The summed E-state index contributed by atoms with van der Waals surface area (Å²) in [6.45, 7) is 0.967. The van der Waals surface area contributed by atoms with Gasteiger partial charge in [0.05, 0.1) is 17.3 Å². The van der Waals surface area contributed by atoms with Crippen LogP contribution in [0.2, 0.25) is 5.02 Å². The zero-order chi connectivity index (χ0) is 16.5. The Kier molecular flexibility index (Phi) is 5.60. The minimum atomic E-state index is -0.536. The molecule has 0 bridgehead atoms. The molecule has 0 radical (unpaired) electrons. The highest BCUT2D eigenvalue weighted by molar-refractivity contribution is 6.30. The molecule has 0 spiro atoms. The van der Waals surface area contributed by atoms with Crippen molar-refractivity contribution < 1.29 is 5.11 Å². The van der Waals surface area contributed by atoms with Gasteiger partial charge in [-0.25, -0.2) is 4.98 Å². The van der Waals surface area contributed by atoms with Crippen LogP contribution in [0.3, 0.4) is 0 Å². The molecule has 5 heteroatoms. The minimum Gasteiger partial charge on any atom is -0.387 e. The number of aliphatic hydroxyl groups excluding tert-OH is 1. The van der Waals surface area contributed by atoms with Crippen molar-refractivity contribution in [3.05, 3.63) is 65.2 Å². The van der Waals surface area contributed by atoms with Crippen LogP contribution in [0.1, 0.15) is 24.5 Å². The maximum atomic E-state index is 10.9. The lowest BCUT2D eigenvalue weighted by Gasteiger charge is -2.21. The normalized spacial score (nSPS) is 18.1. The van der Waals surface area contributed by atoms with Gasteiger partial charge in [0.1, 0.15) is 0 Å². The van der Waals surface area contributed by atoms with Gasteiger partial charge in [-0.3, -0.25) is 0 Å². The number of halogens is 2. The van der Waals surface area contributed by atoms with Crippen molar-refractivity contribution in [1.82, 2.24) is 10.3 Å². The van der Waals surface area contributed by atoms with Gasteiger partial charge in [0.25, 0.3) is 0 Å². The summed E-state index contributed by atoms with van der Waals surface area (Å²) in [4.78, 5) is 4.77. The highest BCUT2D eigenvalue weighted by atomic mass is 35.5. The number of benzene rings is 2. The molecule has 1 fully saturated rings. The van der Waals surface area contributed by atoms with Crippen molar-refractivity contribution in [1.29, 1.82) is 0 Å².